The average Bonchev–Trinajstić information content (AvgIpc) is 2.43. The fourth-order valence-electron chi connectivity index (χ4n) is 2.33. The van der Waals surface area contributed by atoms with Crippen molar-refractivity contribution in [3.05, 3.63) is 36.4 Å². The molecule has 0 heterocycles. The summed E-state index contributed by atoms with van der Waals surface area (Å²) in [6.07, 6.45) is 15.2. The van der Waals surface area contributed by atoms with Crippen LogP contribution in [0.2, 0.25) is 0 Å². The number of hydrogen-bond donors (Lipinski definition) is 0. The third kappa shape index (κ3) is 5.86. The number of benzene rings is 1. The van der Waals surface area contributed by atoms with E-state index in [9.17, 15) is 0 Å². The molecule has 0 aliphatic carbocycles. The standard InChI is InChI=1S/C18H30S/c1-5-7-8-9-10-11-16-19(3,4)18-14-12-17(6-2)13-15-18/h6,12-15H,2,5,7-11,16H2,1,3-4H3. The second-order valence-electron chi connectivity index (χ2n) is 5.78. The van der Waals surface area contributed by atoms with Gasteiger partial charge in [0.25, 0.3) is 0 Å². The predicted octanol–water partition coefficient (Wildman–Crippen LogP) is 6.11. The molecule has 0 aromatic heterocycles. The van der Waals surface area contributed by atoms with Crippen molar-refractivity contribution in [2.75, 3.05) is 18.3 Å². The van der Waals surface area contributed by atoms with E-state index in [1.807, 2.05) is 6.08 Å². The zero-order valence-electron chi connectivity index (χ0n) is 13.0. The van der Waals surface area contributed by atoms with E-state index in [2.05, 4.69) is 50.3 Å². The summed E-state index contributed by atoms with van der Waals surface area (Å²) < 4.78 is 0. The Labute approximate surface area is 121 Å². The molecule has 1 heteroatoms. The summed E-state index contributed by atoms with van der Waals surface area (Å²) in [6.45, 7) is 6.09. The van der Waals surface area contributed by atoms with Crippen LogP contribution in [-0.2, 0) is 0 Å². The minimum Gasteiger partial charge on any atom is -0.220 e. The molecular weight excluding hydrogens is 248 g/mol. The SMILES string of the molecule is C=Cc1ccc(S(C)(C)CCCCCCCC)cc1. The third-order valence-electron chi connectivity index (χ3n) is 3.76. The highest BCUT2D eigenvalue weighted by Gasteiger charge is 2.13. The van der Waals surface area contributed by atoms with Crippen molar-refractivity contribution >= 4 is 16.1 Å². The van der Waals surface area contributed by atoms with Gasteiger partial charge in [-0.3, -0.25) is 0 Å². The summed E-state index contributed by atoms with van der Waals surface area (Å²) >= 11 is 0. The van der Waals surface area contributed by atoms with E-state index < -0.39 is 10.0 Å². The maximum Gasteiger partial charge on any atom is -0.0103 e. The van der Waals surface area contributed by atoms with Gasteiger partial charge in [-0.05, 0) is 47.3 Å². The molecule has 0 saturated carbocycles. The van der Waals surface area contributed by atoms with Gasteiger partial charge in [0.1, 0.15) is 0 Å². The second-order valence-corrected chi connectivity index (χ2v) is 9.74. The first-order valence-electron chi connectivity index (χ1n) is 7.53. The lowest BCUT2D eigenvalue weighted by atomic mass is 10.1. The van der Waals surface area contributed by atoms with Crippen LogP contribution in [0.25, 0.3) is 6.08 Å². The molecule has 1 aromatic rings. The largest absolute Gasteiger partial charge is 0.220 e. The van der Waals surface area contributed by atoms with E-state index in [0.717, 1.165) is 0 Å². The number of unbranched alkanes of at least 4 members (excludes halogenated alkanes) is 5. The first kappa shape index (κ1) is 16.4. The van der Waals surface area contributed by atoms with Crippen molar-refractivity contribution < 1.29 is 0 Å². The summed E-state index contributed by atoms with van der Waals surface area (Å²) in [5.74, 6) is 1.37. The Morgan fingerprint density at radius 1 is 0.947 bits per heavy atom. The molecule has 0 bridgehead atoms. The Morgan fingerprint density at radius 3 is 2.11 bits per heavy atom. The minimum absolute atomic E-state index is 0.612. The van der Waals surface area contributed by atoms with Gasteiger partial charge in [0.2, 0.25) is 0 Å². The van der Waals surface area contributed by atoms with Gasteiger partial charge in [-0.2, -0.15) is 0 Å². The van der Waals surface area contributed by atoms with Gasteiger partial charge in [-0.1, -0.05) is 63.8 Å². The minimum atomic E-state index is -0.612. The van der Waals surface area contributed by atoms with E-state index in [1.54, 1.807) is 0 Å². The lowest BCUT2D eigenvalue weighted by molar-refractivity contribution is 0.626. The van der Waals surface area contributed by atoms with Crippen molar-refractivity contribution in [3.63, 3.8) is 0 Å². The molecule has 108 valence electrons. The lowest BCUT2D eigenvalue weighted by Gasteiger charge is -2.32. The Morgan fingerprint density at radius 2 is 1.53 bits per heavy atom. The molecular formula is C18H30S. The molecule has 0 unspecified atom stereocenters. The van der Waals surface area contributed by atoms with Gasteiger partial charge in [-0.25, -0.2) is 10.0 Å². The van der Waals surface area contributed by atoms with E-state index in [1.165, 1.54) is 54.7 Å². The summed E-state index contributed by atoms with van der Waals surface area (Å²) in [5.41, 5.74) is 1.22. The topological polar surface area (TPSA) is 0 Å². The van der Waals surface area contributed by atoms with Crippen LogP contribution in [0.4, 0.5) is 0 Å². The van der Waals surface area contributed by atoms with Crippen molar-refractivity contribution in [1.82, 2.24) is 0 Å². The van der Waals surface area contributed by atoms with Crippen LogP contribution in [0, 0.1) is 0 Å². The van der Waals surface area contributed by atoms with E-state index in [0.29, 0.717) is 0 Å². The molecule has 19 heavy (non-hydrogen) atoms. The number of rotatable bonds is 9. The highest BCUT2D eigenvalue weighted by atomic mass is 32.3. The predicted molar refractivity (Wildman–Crippen MR) is 92.5 cm³/mol. The molecule has 0 saturated heterocycles. The third-order valence-corrected chi connectivity index (χ3v) is 6.62. The molecule has 0 amide bonds. The van der Waals surface area contributed by atoms with Crippen molar-refractivity contribution in [1.29, 1.82) is 0 Å². The monoisotopic (exact) mass is 278 g/mol. The number of hydrogen-bond acceptors (Lipinski definition) is 0. The van der Waals surface area contributed by atoms with Crippen LogP contribution >= 0.6 is 10.0 Å². The first-order valence-corrected chi connectivity index (χ1v) is 10.2. The van der Waals surface area contributed by atoms with Gasteiger partial charge < -0.3 is 0 Å². The van der Waals surface area contributed by atoms with Crippen molar-refractivity contribution in [3.8, 4) is 0 Å². The Kier molecular flexibility index (Phi) is 7.30. The maximum absolute atomic E-state index is 3.81. The molecule has 1 rings (SSSR count). The van der Waals surface area contributed by atoms with Crippen LogP contribution in [0.5, 0.6) is 0 Å². The molecule has 0 radical (unpaired) electrons. The van der Waals surface area contributed by atoms with Crippen molar-refractivity contribution in [2.24, 2.45) is 0 Å². The highest BCUT2D eigenvalue weighted by Crippen LogP contribution is 2.49. The molecule has 0 nitrogen and oxygen atoms in total. The summed E-state index contributed by atoms with van der Waals surface area (Å²) in [6, 6.07) is 8.98. The van der Waals surface area contributed by atoms with Gasteiger partial charge >= 0.3 is 0 Å². The van der Waals surface area contributed by atoms with E-state index >= 15 is 0 Å². The Hall–Kier alpha value is -0.690. The van der Waals surface area contributed by atoms with E-state index in [-0.39, 0.29) is 0 Å². The summed E-state index contributed by atoms with van der Waals surface area (Å²) in [5, 5.41) is 0. The van der Waals surface area contributed by atoms with Gasteiger partial charge in [0.15, 0.2) is 0 Å². The smallest absolute Gasteiger partial charge is 0.0103 e. The molecule has 0 spiro atoms. The van der Waals surface area contributed by atoms with E-state index in [4.69, 9.17) is 0 Å². The van der Waals surface area contributed by atoms with Crippen LogP contribution in [0.1, 0.15) is 51.0 Å². The fraction of sp³-hybridized carbons (Fsp3) is 0.556. The zero-order valence-corrected chi connectivity index (χ0v) is 13.8. The molecule has 0 aliphatic heterocycles. The quantitative estimate of drug-likeness (QED) is 0.478. The fourth-order valence-corrected chi connectivity index (χ4v) is 4.37. The van der Waals surface area contributed by atoms with Crippen molar-refractivity contribution in [2.45, 2.75) is 50.3 Å². The molecule has 0 N–H and O–H groups in total. The van der Waals surface area contributed by atoms with Gasteiger partial charge in [0, 0.05) is 0 Å². The summed E-state index contributed by atoms with van der Waals surface area (Å²) in [4.78, 5) is 1.53. The second kappa shape index (κ2) is 8.47. The Bertz CT molecular complexity index is 362. The van der Waals surface area contributed by atoms with Crippen LogP contribution in [-0.4, -0.2) is 18.3 Å². The van der Waals surface area contributed by atoms with Gasteiger partial charge in [-0.15, -0.1) is 0 Å². The average molecular weight is 279 g/mol. The molecule has 1 aromatic carbocycles. The molecule has 0 aliphatic rings. The first-order chi connectivity index (χ1) is 9.10. The van der Waals surface area contributed by atoms with Crippen LogP contribution < -0.4 is 0 Å². The molecule has 0 atom stereocenters. The van der Waals surface area contributed by atoms with Crippen LogP contribution in [0.3, 0.4) is 0 Å². The van der Waals surface area contributed by atoms with Crippen LogP contribution in [0.15, 0.2) is 35.7 Å². The lowest BCUT2D eigenvalue weighted by Crippen LogP contribution is -2.02. The highest BCUT2D eigenvalue weighted by molar-refractivity contribution is 8.32. The molecule has 0 fully saturated rings. The van der Waals surface area contributed by atoms with Gasteiger partial charge in [0.05, 0.1) is 0 Å². The Balaban J connectivity index is 2.39. The zero-order chi connectivity index (χ0) is 14.1. The summed E-state index contributed by atoms with van der Waals surface area (Å²) in [7, 11) is -0.612. The maximum atomic E-state index is 3.81. The normalized spacial score (nSPS) is 12.4.